The lowest BCUT2D eigenvalue weighted by molar-refractivity contribution is 0.200. The molecule has 0 saturated carbocycles. The Morgan fingerprint density at radius 2 is 2.08 bits per heavy atom. The number of aromatic amines is 1. The summed E-state index contributed by atoms with van der Waals surface area (Å²) in [6, 6.07) is 9.25. The van der Waals surface area contributed by atoms with E-state index in [0.717, 1.165) is 23.1 Å². The lowest BCUT2D eigenvalue weighted by Crippen LogP contribution is -2.27. The van der Waals surface area contributed by atoms with E-state index in [0.29, 0.717) is 18.1 Å². The first kappa shape index (κ1) is 15.7. The standard InChI is InChI=1S/C17H17N5O2/c1-2-6-19-17(23)24-15-5-3-4-12(8-15)13-7-14(10-18-9-13)16-20-11-21-22-16/h3-5,7-11H,2,6H2,1H3,(H,19,23)(H,20,21,22). The summed E-state index contributed by atoms with van der Waals surface area (Å²) in [5.74, 6) is 1.13. The number of aromatic nitrogens is 4. The normalized spacial score (nSPS) is 10.4. The summed E-state index contributed by atoms with van der Waals surface area (Å²) in [5.41, 5.74) is 2.62. The monoisotopic (exact) mass is 323 g/mol. The van der Waals surface area contributed by atoms with Crippen molar-refractivity contribution in [1.29, 1.82) is 0 Å². The molecule has 24 heavy (non-hydrogen) atoms. The molecule has 0 saturated heterocycles. The smallest absolute Gasteiger partial charge is 0.410 e. The van der Waals surface area contributed by atoms with Gasteiger partial charge >= 0.3 is 6.09 Å². The van der Waals surface area contributed by atoms with Crippen LogP contribution in [0.1, 0.15) is 13.3 Å². The Kier molecular flexibility index (Phi) is 4.81. The highest BCUT2D eigenvalue weighted by molar-refractivity contribution is 5.73. The van der Waals surface area contributed by atoms with Gasteiger partial charge in [-0.25, -0.2) is 9.78 Å². The van der Waals surface area contributed by atoms with Gasteiger partial charge in [-0.1, -0.05) is 19.1 Å². The van der Waals surface area contributed by atoms with Gasteiger partial charge in [0.2, 0.25) is 0 Å². The van der Waals surface area contributed by atoms with Crippen molar-refractivity contribution < 1.29 is 9.53 Å². The molecule has 0 aliphatic rings. The van der Waals surface area contributed by atoms with Crippen LogP contribution >= 0.6 is 0 Å². The van der Waals surface area contributed by atoms with Gasteiger partial charge in [0.05, 0.1) is 0 Å². The number of benzene rings is 1. The molecule has 1 aromatic carbocycles. The van der Waals surface area contributed by atoms with Crippen molar-refractivity contribution in [2.24, 2.45) is 0 Å². The molecule has 7 nitrogen and oxygen atoms in total. The summed E-state index contributed by atoms with van der Waals surface area (Å²) >= 11 is 0. The van der Waals surface area contributed by atoms with Crippen LogP contribution in [-0.4, -0.2) is 32.8 Å². The molecule has 122 valence electrons. The molecule has 3 rings (SSSR count). The third-order valence-electron chi connectivity index (χ3n) is 3.32. The number of rotatable bonds is 5. The van der Waals surface area contributed by atoms with E-state index in [2.05, 4.69) is 25.5 Å². The van der Waals surface area contributed by atoms with Crippen molar-refractivity contribution in [2.45, 2.75) is 13.3 Å². The van der Waals surface area contributed by atoms with Gasteiger partial charge in [0, 0.05) is 30.1 Å². The maximum absolute atomic E-state index is 11.7. The molecular formula is C17H17N5O2. The van der Waals surface area contributed by atoms with E-state index in [4.69, 9.17) is 4.74 Å². The number of hydrogen-bond acceptors (Lipinski definition) is 5. The number of hydrogen-bond donors (Lipinski definition) is 2. The van der Waals surface area contributed by atoms with Gasteiger partial charge in [0.1, 0.15) is 12.1 Å². The number of carbonyl (C=O) groups excluding carboxylic acids is 1. The molecular weight excluding hydrogens is 306 g/mol. The second-order valence-electron chi connectivity index (χ2n) is 5.14. The van der Waals surface area contributed by atoms with Crippen LogP contribution in [0.3, 0.4) is 0 Å². The Balaban J connectivity index is 1.81. The summed E-state index contributed by atoms with van der Waals surface area (Å²) in [6.07, 6.45) is 5.31. The van der Waals surface area contributed by atoms with Crippen LogP contribution in [0.15, 0.2) is 49.1 Å². The van der Waals surface area contributed by atoms with Crippen LogP contribution < -0.4 is 10.1 Å². The zero-order chi connectivity index (χ0) is 16.8. The fraction of sp³-hybridized carbons (Fsp3) is 0.176. The minimum absolute atomic E-state index is 0.456. The van der Waals surface area contributed by atoms with Crippen molar-refractivity contribution in [2.75, 3.05) is 6.54 Å². The van der Waals surface area contributed by atoms with Crippen LogP contribution in [-0.2, 0) is 0 Å². The van der Waals surface area contributed by atoms with Crippen molar-refractivity contribution >= 4 is 6.09 Å². The van der Waals surface area contributed by atoms with E-state index in [9.17, 15) is 4.79 Å². The summed E-state index contributed by atoms with van der Waals surface area (Å²) < 4.78 is 5.28. The average Bonchev–Trinajstić information content (AvgIpc) is 3.15. The van der Waals surface area contributed by atoms with E-state index in [1.165, 1.54) is 6.33 Å². The van der Waals surface area contributed by atoms with Crippen molar-refractivity contribution in [3.63, 3.8) is 0 Å². The molecule has 2 N–H and O–H groups in total. The minimum Gasteiger partial charge on any atom is -0.410 e. The second-order valence-corrected chi connectivity index (χ2v) is 5.14. The summed E-state index contributed by atoms with van der Waals surface area (Å²) in [6.45, 7) is 2.57. The van der Waals surface area contributed by atoms with E-state index in [1.54, 1.807) is 24.5 Å². The molecule has 0 fully saturated rings. The molecule has 2 heterocycles. The molecule has 0 radical (unpaired) electrons. The zero-order valence-corrected chi connectivity index (χ0v) is 13.2. The molecule has 2 aromatic heterocycles. The Morgan fingerprint density at radius 3 is 2.88 bits per heavy atom. The Hall–Kier alpha value is -3.22. The quantitative estimate of drug-likeness (QED) is 0.753. The summed E-state index contributed by atoms with van der Waals surface area (Å²) in [4.78, 5) is 20.0. The number of carbonyl (C=O) groups is 1. The third-order valence-corrected chi connectivity index (χ3v) is 3.32. The second kappa shape index (κ2) is 7.36. The number of H-pyrrole nitrogens is 1. The predicted molar refractivity (Wildman–Crippen MR) is 89.4 cm³/mol. The van der Waals surface area contributed by atoms with Crippen LogP contribution in [0.25, 0.3) is 22.5 Å². The van der Waals surface area contributed by atoms with Crippen LogP contribution in [0.4, 0.5) is 4.79 Å². The van der Waals surface area contributed by atoms with Gasteiger partial charge in [0.15, 0.2) is 5.82 Å². The summed E-state index contributed by atoms with van der Waals surface area (Å²) in [7, 11) is 0. The molecule has 0 spiro atoms. The molecule has 0 aliphatic heterocycles. The van der Waals surface area contributed by atoms with Crippen molar-refractivity contribution in [3.8, 4) is 28.3 Å². The highest BCUT2D eigenvalue weighted by Crippen LogP contribution is 2.26. The molecule has 0 unspecified atom stereocenters. The first-order chi connectivity index (χ1) is 11.8. The number of amides is 1. The van der Waals surface area contributed by atoms with Gasteiger partial charge in [-0.05, 0) is 30.2 Å². The van der Waals surface area contributed by atoms with Gasteiger partial charge in [-0.3, -0.25) is 10.1 Å². The molecule has 0 bridgehead atoms. The number of ether oxygens (including phenoxy) is 1. The topological polar surface area (TPSA) is 92.8 Å². The number of nitrogens with zero attached hydrogens (tertiary/aromatic N) is 3. The van der Waals surface area contributed by atoms with E-state index < -0.39 is 6.09 Å². The number of pyridine rings is 1. The molecule has 3 aromatic rings. The average molecular weight is 323 g/mol. The van der Waals surface area contributed by atoms with Crippen LogP contribution in [0.5, 0.6) is 5.75 Å². The Bertz CT molecular complexity index is 817. The highest BCUT2D eigenvalue weighted by Gasteiger charge is 2.07. The van der Waals surface area contributed by atoms with E-state index in [1.807, 2.05) is 25.1 Å². The zero-order valence-electron chi connectivity index (χ0n) is 13.2. The number of nitrogens with one attached hydrogen (secondary N) is 2. The lowest BCUT2D eigenvalue weighted by Gasteiger charge is -2.08. The van der Waals surface area contributed by atoms with Gasteiger partial charge < -0.3 is 10.1 Å². The molecule has 0 atom stereocenters. The van der Waals surface area contributed by atoms with Gasteiger partial charge in [0.25, 0.3) is 0 Å². The fourth-order valence-corrected chi connectivity index (χ4v) is 2.18. The van der Waals surface area contributed by atoms with E-state index in [-0.39, 0.29) is 0 Å². The Morgan fingerprint density at radius 1 is 1.21 bits per heavy atom. The van der Waals surface area contributed by atoms with Crippen molar-refractivity contribution in [3.05, 3.63) is 49.1 Å². The van der Waals surface area contributed by atoms with Crippen LogP contribution in [0.2, 0.25) is 0 Å². The summed E-state index contributed by atoms with van der Waals surface area (Å²) in [5, 5.41) is 9.33. The van der Waals surface area contributed by atoms with Crippen LogP contribution in [0, 0.1) is 0 Å². The first-order valence-electron chi connectivity index (χ1n) is 7.63. The lowest BCUT2D eigenvalue weighted by atomic mass is 10.1. The van der Waals surface area contributed by atoms with Gasteiger partial charge in [-0.15, -0.1) is 0 Å². The molecule has 0 aliphatic carbocycles. The third kappa shape index (κ3) is 3.75. The maximum atomic E-state index is 11.7. The minimum atomic E-state index is -0.456. The maximum Gasteiger partial charge on any atom is 0.412 e. The molecule has 1 amide bonds. The Labute approximate surface area is 139 Å². The largest absolute Gasteiger partial charge is 0.412 e. The first-order valence-corrected chi connectivity index (χ1v) is 7.63. The predicted octanol–water partition coefficient (Wildman–Crippen LogP) is 3.03. The molecule has 7 heteroatoms. The van der Waals surface area contributed by atoms with Crippen molar-refractivity contribution in [1.82, 2.24) is 25.5 Å². The SMILES string of the molecule is CCCNC(=O)Oc1cccc(-c2cncc(-c3ncn[nH]3)c2)c1. The van der Waals surface area contributed by atoms with E-state index >= 15 is 0 Å². The fourth-order valence-electron chi connectivity index (χ4n) is 2.18. The highest BCUT2D eigenvalue weighted by atomic mass is 16.6. The van der Waals surface area contributed by atoms with Gasteiger partial charge in [-0.2, -0.15) is 5.10 Å².